The molecule has 1 unspecified atom stereocenters. The number of ether oxygens (including phenoxy) is 2. The van der Waals surface area contributed by atoms with Crippen molar-refractivity contribution in [3.8, 4) is 0 Å². The van der Waals surface area contributed by atoms with Gasteiger partial charge >= 0.3 is 0 Å². The van der Waals surface area contributed by atoms with Crippen LogP contribution in [0, 0.1) is 34.5 Å². The number of fused-ring (bicyclic) bond motifs is 5. The van der Waals surface area contributed by atoms with Gasteiger partial charge in [0.2, 0.25) is 0 Å². The summed E-state index contributed by atoms with van der Waals surface area (Å²) >= 11 is 0. The first-order chi connectivity index (χ1) is 14.9. The van der Waals surface area contributed by atoms with Crippen LogP contribution in [0.1, 0.15) is 91.4 Å². The van der Waals surface area contributed by atoms with Crippen LogP contribution in [0.2, 0.25) is 0 Å². The lowest BCUT2D eigenvalue weighted by molar-refractivity contribution is -0.273. The van der Waals surface area contributed by atoms with Crippen LogP contribution >= 0.6 is 0 Å². The van der Waals surface area contributed by atoms with Gasteiger partial charge in [0.15, 0.2) is 5.79 Å². The van der Waals surface area contributed by atoms with Crippen LogP contribution in [0.5, 0.6) is 0 Å². The minimum absolute atomic E-state index is 0.188. The summed E-state index contributed by atoms with van der Waals surface area (Å²) in [6, 6.07) is 0. The summed E-state index contributed by atoms with van der Waals surface area (Å²) in [4.78, 5) is 12.6. The predicted octanol–water partition coefficient (Wildman–Crippen LogP) is 5.43. The Bertz CT molecular complexity index is 725. The van der Waals surface area contributed by atoms with Gasteiger partial charge in [-0.15, -0.1) is 0 Å². The van der Waals surface area contributed by atoms with Crippen molar-refractivity contribution in [2.24, 2.45) is 34.5 Å². The van der Waals surface area contributed by atoms with Crippen LogP contribution in [-0.2, 0) is 14.3 Å². The fraction of sp³-hybridized carbons (Fsp3) is 0.889. The van der Waals surface area contributed by atoms with Crippen molar-refractivity contribution in [3.05, 3.63) is 11.6 Å². The van der Waals surface area contributed by atoms with Crippen LogP contribution < -0.4 is 0 Å². The molecule has 8 atom stereocenters. The van der Waals surface area contributed by atoms with Gasteiger partial charge < -0.3 is 19.4 Å². The van der Waals surface area contributed by atoms with Crippen molar-refractivity contribution >= 4 is 6.29 Å². The smallest absolute Gasteiger partial charge is 0.168 e. The molecule has 0 aromatic rings. The summed E-state index contributed by atoms with van der Waals surface area (Å²) in [5.41, 5.74) is 1.10. The van der Waals surface area contributed by atoms with Crippen LogP contribution in [0.25, 0.3) is 0 Å². The van der Waals surface area contributed by atoms with Gasteiger partial charge in [-0.2, -0.15) is 0 Å². The van der Waals surface area contributed by atoms with E-state index in [1.807, 2.05) is 6.08 Å². The molecule has 0 aromatic carbocycles. The molecule has 0 radical (unpaired) electrons. The third-order valence-electron chi connectivity index (χ3n) is 10.3. The Hall–Kier alpha value is -0.710. The first kappa shape index (κ1) is 22.1. The molecule has 0 amide bonds. The van der Waals surface area contributed by atoms with Gasteiger partial charge in [-0.3, -0.25) is 0 Å². The number of carbonyl (C=O) groups is 1. The van der Waals surface area contributed by atoms with Crippen LogP contribution in [0.4, 0.5) is 0 Å². The Balaban J connectivity index is 1.42. The first-order valence-corrected chi connectivity index (χ1v) is 13.1. The van der Waals surface area contributed by atoms with Crippen LogP contribution in [-0.4, -0.2) is 36.0 Å². The van der Waals surface area contributed by atoms with E-state index in [1.54, 1.807) is 0 Å². The van der Waals surface area contributed by atoms with E-state index < -0.39 is 0 Å². The predicted molar refractivity (Wildman–Crippen MR) is 120 cm³/mol. The normalized spacial score (nSPS) is 48.5. The van der Waals surface area contributed by atoms with Crippen molar-refractivity contribution < 1.29 is 19.4 Å². The van der Waals surface area contributed by atoms with E-state index in [9.17, 15) is 9.90 Å². The molecule has 174 valence electrons. The third kappa shape index (κ3) is 3.30. The highest BCUT2D eigenvalue weighted by Gasteiger charge is 2.62. The molecule has 0 aliphatic heterocycles. The zero-order valence-electron chi connectivity index (χ0n) is 19.8. The summed E-state index contributed by atoms with van der Waals surface area (Å²) in [6.07, 6.45) is 15.0. The second-order valence-electron chi connectivity index (χ2n) is 11.7. The fourth-order valence-electron chi connectivity index (χ4n) is 8.88. The summed E-state index contributed by atoms with van der Waals surface area (Å²) in [7, 11) is 0. The summed E-state index contributed by atoms with van der Waals surface area (Å²) < 4.78 is 13.1. The molecule has 0 heterocycles. The minimum Gasteiger partial charge on any atom is -0.389 e. The number of aldehydes is 1. The third-order valence-corrected chi connectivity index (χ3v) is 10.3. The lowest BCUT2D eigenvalue weighted by Crippen LogP contribution is -2.55. The lowest BCUT2D eigenvalue weighted by Gasteiger charge is -2.59. The first-order valence-electron chi connectivity index (χ1n) is 13.1. The molecule has 4 heteroatoms. The van der Waals surface area contributed by atoms with E-state index in [0.717, 1.165) is 58.0 Å². The Labute approximate surface area is 188 Å². The van der Waals surface area contributed by atoms with Gasteiger partial charge in [0.1, 0.15) is 6.29 Å². The zero-order valence-corrected chi connectivity index (χ0v) is 19.8. The molecule has 4 fully saturated rings. The second-order valence-corrected chi connectivity index (χ2v) is 11.7. The molecular formula is C27H42O4. The Kier molecular flexibility index (Phi) is 5.67. The largest absolute Gasteiger partial charge is 0.389 e. The number of allylic oxidation sites excluding steroid dienone is 1. The molecule has 4 saturated carbocycles. The number of aliphatic hydroxyl groups excluding tert-OH is 1. The molecule has 31 heavy (non-hydrogen) atoms. The number of hydrogen-bond acceptors (Lipinski definition) is 4. The molecule has 4 nitrogen and oxygen atoms in total. The fourth-order valence-corrected chi connectivity index (χ4v) is 8.88. The summed E-state index contributed by atoms with van der Waals surface area (Å²) in [5.74, 6) is 1.68. The molecule has 0 spiro atoms. The Morgan fingerprint density at radius 2 is 1.87 bits per heavy atom. The SMILES string of the molecule is CCOC1(O[C@H]2CC[C@H]3[C@@H]4CC(C)C5=C[C@@H](O)CC[C@]5(C=O)[C@H]4CC[C@]23C)CCCC1. The Morgan fingerprint density at radius 1 is 1.10 bits per heavy atom. The van der Waals surface area contributed by atoms with Gasteiger partial charge in [0, 0.05) is 19.4 Å². The quantitative estimate of drug-likeness (QED) is 0.359. The van der Waals surface area contributed by atoms with Gasteiger partial charge in [0.25, 0.3) is 0 Å². The van der Waals surface area contributed by atoms with Crippen molar-refractivity contribution in [3.63, 3.8) is 0 Å². The molecular weight excluding hydrogens is 388 g/mol. The molecule has 5 aliphatic carbocycles. The summed E-state index contributed by atoms with van der Waals surface area (Å²) in [5, 5.41) is 10.3. The highest BCUT2D eigenvalue weighted by Crippen LogP contribution is 2.66. The molecule has 5 rings (SSSR count). The van der Waals surface area contributed by atoms with E-state index in [1.165, 1.54) is 31.1 Å². The Morgan fingerprint density at radius 3 is 2.58 bits per heavy atom. The monoisotopic (exact) mass is 430 g/mol. The summed E-state index contributed by atoms with van der Waals surface area (Å²) in [6.45, 7) is 7.57. The maximum absolute atomic E-state index is 12.6. The minimum atomic E-state index is -0.374. The van der Waals surface area contributed by atoms with E-state index in [-0.39, 0.29) is 28.8 Å². The molecule has 0 aromatic heterocycles. The number of aliphatic hydroxyl groups is 1. The van der Waals surface area contributed by atoms with Crippen LogP contribution in [0.3, 0.4) is 0 Å². The molecule has 1 N–H and O–H groups in total. The number of rotatable bonds is 5. The van der Waals surface area contributed by atoms with E-state index in [2.05, 4.69) is 20.8 Å². The van der Waals surface area contributed by atoms with Gasteiger partial charge in [-0.1, -0.05) is 25.5 Å². The maximum Gasteiger partial charge on any atom is 0.168 e. The van der Waals surface area contributed by atoms with Crippen molar-refractivity contribution in [2.75, 3.05) is 6.61 Å². The average Bonchev–Trinajstić information content (AvgIpc) is 3.34. The molecule has 0 bridgehead atoms. The molecule has 0 saturated heterocycles. The zero-order chi connectivity index (χ0) is 21.9. The average molecular weight is 431 g/mol. The van der Waals surface area contributed by atoms with E-state index in [4.69, 9.17) is 9.47 Å². The number of carbonyl (C=O) groups excluding carboxylic acids is 1. The van der Waals surface area contributed by atoms with E-state index >= 15 is 0 Å². The topological polar surface area (TPSA) is 55.8 Å². The van der Waals surface area contributed by atoms with Gasteiger partial charge in [0.05, 0.1) is 17.6 Å². The standard InChI is InChI=1S/C27H42O4/c1-4-30-27(11-5-6-12-27)31-24-8-7-21-20-15-18(2)23-16-19(29)9-14-26(23,17-28)22(20)10-13-25(21,24)3/h16-22,24,29H,4-15H2,1-3H3/t18?,19-,20-,21-,22-,24-,25-,26-/m0/s1. The maximum atomic E-state index is 12.6. The van der Waals surface area contributed by atoms with Gasteiger partial charge in [-0.25, -0.2) is 0 Å². The number of hydrogen-bond donors (Lipinski definition) is 1. The second kappa shape index (κ2) is 7.95. The van der Waals surface area contributed by atoms with Crippen molar-refractivity contribution in [2.45, 2.75) is 109 Å². The highest BCUT2D eigenvalue weighted by molar-refractivity contribution is 5.68. The van der Waals surface area contributed by atoms with E-state index in [0.29, 0.717) is 23.7 Å². The highest BCUT2D eigenvalue weighted by atomic mass is 16.7. The van der Waals surface area contributed by atoms with Crippen LogP contribution in [0.15, 0.2) is 11.6 Å². The van der Waals surface area contributed by atoms with Gasteiger partial charge in [-0.05, 0) is 93.8 Å². The van der Waals surface area contributed by atoms with Crippen molar-refractivity contribution in [1.82, 2.24) is 0 Å². The lowest BCUT2D eigenvalue weighted by atomic mass is 9.45. The van der Waals surface area contributed by atoms with Crippen molar-refractivity contribution in [1.29, 1.82) is 0 Å². The molecule has 5 aliphatic rings.